The number of halogens is 1. The molecule has 1 aromatic heterocycles. The van der Waals surface area contributed by atoms with E-state index in [1.165, 1.54) is 30.2 Å². The largest absolute Gasteiger partial charge is 0.537 e. The molecule has 0 saturated carbocycles. The van der Waals surface area contributed by atoms with Crippen LogP contribution < -0.4 is 15.1 Å². The van der Waals surface area contributed by atoms with Crippen LogP contribution in [-0.2, 0) is 6.42 Å². The number of thioether (sulfide) groups is 1. The van der Waals surface area contributed by atoms with Crippen LogP contribution in [0.25, 0.3) is 0 Å². The average Bonchev–Trinajstić information content (AvgIpc) is 2.92. The summed E-state index contributed by atoms with van der Waals surface area (Å²) in [4.78, 5) is 11.6. The molecule has 0 bridgehead atoms. The van der Waals surface area contributed by atoms with Gasteiger partial charge in [0.2, 0.25) is 5.13 Å². The Bertz CT molecular complexity index is 805. The molecule has 3 rings (SSSR count). The summed E-state index contributed by atoms with van der Waals surface area (Å²) in [5.41, 5.74) is 5.90. The first-order valence-electron chi connectivity index (χ1n) is 6.63. The van der Waals surface area contributed by atoms with Crippen molar-refractivity contribution in [2.75, 3.05) is 12.8 Å². The van der Waals surface area contributed by atoms with E-state index in [-0.39, 0.29) is 22.1 Å². The highest BCUT2D eigenvalue weighted by atomic mass is 35.5. The van der Waals surface area contributed by atoms with Crippen molar-refractivity contribution in [1.82, 2.24) is 10.2 Å². The molecule has 1 unspecified atom stereocenters. The van der Waals surface area contributed by atoms with Gasteiger partial charge in [0.1, 0.15) is 11.3 Å². The maximum Gasteiger partial charge on any atom is 0.537 e. The highest BCUT2D eigenvalue weighted by Crippen LogP contribution is 2.43. The van der Waals surface area contributed by atoms with Crippen LogP contribution in [0.3, 0.4) is 0 Å². The quantitative estimate of drug-likeness (QED) is 0.670. The Morgan fingerprint density at radius 2 is 2.38 bits per heavy atom. The van der Waals surface area contributed by atoms with Crippen LogP contribution in [-0.4, -0.2) is 45.7 Å². The molecule has 0 radical (unpaired) electrons. The topological polar surface area (TPSA) is 128 Å². The lowest BCUT2D eigenvalue weighted by Gasteiger charge is -2.28. The number of nitrogen functional groups attached to an aromatic ring is 1. The zero-order valence-electron chi connectivity index (χ0n) is 12.2. The lowest BCUT2D eigenvalue weighted by atomic mass is 9.77. The van der Waals surface area contributed by atoms with E-state index in [4.69, 9.17) is 26.7 Å². The van der Waals surface area contributed by atoms with Gasteiger partial charge in [-0.15, -0.1) is 10.2 Å². The molecule has 2 heterocycles. The Hall–Kier alpha value is -1.69. The Labute approximate surface area is 150 Å². The predicted molar refractivity (Wildman–Crippen MR) is 91.2 cm³/mol. The van der Waals surface area contributed by atoms with Gasteiger partial charge in [-0.05, 0) is 18.1 Å². The number of rotatable bonds is 4. The van der Waals surface area contributed by atoms with E-state index < -0.39 is 18.2 Å². The van der Waals surface area contributed by atoms with Crippen LogP contribution in [0, 0.1) is 0 Å². The molecule has 1 aromatic carbocycles. The van der Waals surface area contributed by atoms with E-state index in [0.717, 1.165) is 0 Å². The fourth-order valence-electron chi connectivity index (χ4n) is 2.36. The van der Waals surface area contributed by atoms with Crippen LogP contribution in [0.1, 0.15) is 15.9 Å². The summed E-state index contributed by atoms with van der Waals surface area (Å²) in [6, 6.07) is 1.58. The van der Waals surface area contributed by atoms with E-state index in [2.05, 4.69) is 10.2 Å². The smallest absolute Gasteiger partial charge is 0.534 e. The van der Waals surface area contributed by atoms with Gasteiger partial charge in [-0.2, -0.15) is 0 Å². The number of aromatic nitrogens is 2. The fraction of sp³-hybridized carbons (Fsp3) is 0.250. The van der Waals surface area contributed by atoms with Crippen molar-refractivity contribution in [1.29, 1.82) is 0 Å². The summed E-state index contributed by atoms with van der Waals surface area (Å²) in [6.07, 6.45) is 0.338. The van der Waals surface area contributed by atoms with Crippen molar-refractivity contribution < 1.29 is 24.3 Å². The van der Waals surface area contributed by atoms with Gasteiger partial charge in [0, 0.05) is 0 Å². The molecule has 0 fully saturated rings. The molecule has 0 spiro atoms. The highest BCUT2D eigenvalue weighted by molar-refractivity contribution is 8.02. The van der Waals surface area contributed by atoms with Gasteiger partial charge in [-0.1, -0.05) is 34.7 Å². The first-order valence-corrected chi connectivity index (χ1v) is 8.71. The first kappa shape index (κ1) is 17.1. The lowest BCUT2D eigenvalue weighted by molar-refractivity contribution is 0.0690. The molecule has 0 amide bonds. The minimum absolute atomic E-state index is 0.00174. The second-order valence-electron chi connectivity index (χ2n) is 4.84. The number of fused-ring (bicyclic) bond motifs is 1. The normalized spacial score (nSPS) is 16.5. The molecule has 126 valence electrons. The molecule has 1 atom stereocenters. The van der Waals surface area contributed by atoms with E-state index in [1.54, 1.807) is 6.07 Å². The number of hydrogen-bond acceptors (Lipinski definition) is 9. The molecule has 2 aromatic rings. The van der Waals surface area contributed by atoms with Crippen molar-refractivity contribution in [2.45, 2.75) is 15.9 Å². The first-order chi connectivity index (χ1) is 11.4. The zero-order chi connectivity index (χ0) is 17.4. The van der Waals surface area contributed by atoms with Gasteiger partial charge in [0.25, 0.3) is 0 Å². The predicted octanol–water partition coefficient (Wildman–Crippen LogP) is 1.60. The van der Waals surface area contributed by atoms with E-state index in [1.807, 2.05) is 0 Å². The number of benzene rings is 1. The van der Waals surface area contributed by atoms with Crippen molar-refractivity contribution in [2.24, 2.45) is 0 Å². The number of aromatic carboxylic acids is 1. The number of ether oxygens (including phenoxy) is 1. The monoisotopic (exact) mass is 387 g/mol. The molecular weight excluding hydrogens is 377 g/mol. The molecule has 24 heavy (non-hydrogen) atoms. The number of hydrogen-bond donors (Lipinski definition) is 3. The van der Waals surface area contributed by atoms with Gasteiger partial charge in [-0.3, -0.25) is 0 Å². The van der Waals surface area contributed by atoms with Crippen LogP contribution in [0.4, 0.5) is 5.13 Å². The summed E-state index contributed by atoms with van der Waals surface area (Å²) in [7, 11) is 0.0919. The number of carbonyl (C=O) groups is 1. The van der Waals surface area contributed by atoms with Crippen LogP contribution in [0.15, 0.2) is 10.4 Å². The Morgan fingerprint density at radius 3 is 2.96 bits per heavy atom. The second kappa shape index (κ2) is 6.67. The molecule has 1 aliphatic heterocycles. The molecule has 0 saturated heterocycles. The molecule has 8 nitrogen and oxygen atoms in total. The number of nitrogens with two attached hydrogens (primary N) is 1. The number of carboxylic acids is 1. The standard InChI is InChI=1S/C12H11BClN3O5S2/c1-21-9-5(14)2-4-3-6(23-12-17-16-11(15)24-12)13(20)22-8(4)7(9)10(18)19/h2,6,20H,3H2,1H3,(H2,15,16)(H,18,19). The summed E-state index contributed by atoms with van der Waals surface area (Å²) < 4.78 is 11.1. The van der Waals surface area contributed by atoms with E-state index in [9.17, 15) is 14.9 Å². The van der Waals surface area contributed by atoms with Gasteiger partial charge >= 0.3 is 13.1 Å². The molecular formula is C12H11BClN3O5S2. The third kappa shape index (κ3) is 3.12. The van der Waals surface area contributed by atoms with Crippen LogP contribution >= 0.6 is 34.7 Å². The van der Waals surface area contributed by atoms with Crippen molar-refractivity contribution in [3.8, 4) is 11.5 Å². The number of nitrogens with zero attached hydrogens (tertiary/aromatic N) is 2. The van der Waals surface area contributed by atoms with Crippen LogP contribution in [0.5, 0.6) is 11.5 Å². The van der Waals surface area contributed by atoms with E-state index >= 15 is 0 Å². The highest BCUT2D eigenvalue weighted by Gasteiger charge is 2.40. The molecule has 0 aliphatic carbocycles. The average molecular weight is 388 g/mol. The summed E-state index contributed by atoms with van der Waals surface area (Å²) in [5.74, 6) is -1.19. The second-order valence-corrected chi connectivity index (χ2v) is 7.74. The zero-order valence-corrected chi connectivity index (χ0v) is 14.6. The Kier molecular flexibility index (Phi) is 4.77. The molecule has 12 heteroatoms. The molecule has 4 N–H and O–H groups in total. The summed E-state index contributed by atoms with van der Waals surface area (Å²) >= 11 is 8.56. The Morgan fingerprint density at radius 1 is 1.62 bits per heavy atom. The molecule has 1 aliphatic rings. The fourth-order valence-corrected chi connectivity index (χ4v) is 4.61. The minimum atomic E-state index is -1.25. The Balaban J connectivity index is 1.96. The minimum Gasteiger partial charge on any atom is -0.534 e. The van der Waals surface area contributed by atoms with Gasteiger partial charge in [-0.25, -0.2) is 4.79 Å². The van der Waals surface area contributed by atoms with Gasteiger partial charge in [0.05, 0.1) is 17.3 Å². The number of anilines is 1. The summed E-state index contributed by atoms with van der Waals surface area (Å²) in [6.45, 7) is 0. The summed E-state index contributed by atoms with van der Waals surface area (Å²) in [5, 5.41) is 27.4. The van der Waals surface area contributed by atoms with E-state index in [0.29, 0.717) is 21.5 Å². The van der Waals surface area contributed by atoms with Gasteiger partial charge < -0.3 is 25.3 Å². The van der Waals surface area contributed by atoms with Crippen molar-refractivity contribution >= 4 is 52.9 Å². The third-order valence-corrected chi connectivity index (χ3v) is 5.69. The SMILES string of the molecule is COc1c(Cl)cc2c(c1C(=O)O)OB(O)C(Sc1nnc(N)s1)C2. The third-order valence-electron chi connectivity index (χ3n) is 3.33. The van der Waals surface area contributed by atoms with Crippen molar-refractivity contribution in [3.63, 3.8) is 0 Å². The maximum atomic E-state index is 11.6. The van der Waals surface area contributed by atoms with Gasteiger partial charge in [0.15, 0.2) is 10.1 Å². The van der Waals surface area contributed by atoms with Crippen LogP contribution in [0.2, 0.25) is 5.02 Å². The lowest BCUT2D eigenvalue weighted by Crippen LogP contribution is -2.40. The number of carboxylic acid groups (broad SMARTS) is 1. The van der Waals surface area contributed by atoms with Crippen molar-refractivity contribution in [3.05, 3.63) is 22.2 Å². The number of methoxy groups -OCH3 is 1. The maximum absolute atomic E-state index is 11.6.